The highest BCUT2D eigenvalue weighted by atomic mass is 16.5. The van der Waals surface area contributed by atoms with E-state index in [1.165, 1.54) is 11.6 Å². The smallest absolute Gasteiger partial charge is 0.351 e. The number of ether oxygens (including phenoxy) is 1. The van der Waals surface area contributed by atoms with Crippen LogP contribution in [-0.2, 0) is 16.0 Å². The van der Waals surface area contributed by atoms with E-state index in [0.717, 1.165) is 12.0 Å². The number of hydrogen-bond acceptors (Lipinski definition) is 5. The van der Waals surface area contributed by atoms with Crippen LogP contribution in [0.25, 0.3) is 11.0 Å². The van der Waals surface area contributed by atoms with Crippen LogP contribution in [0.15, 0.2) is 63.8 Å². The van der Waals surface area contributed by atoms with E-state index in [2.05, 4.69) is 31.3 Å². The Morgan fingerprint density at radius 3 is 2.43 bits per heavy atom. The molecule has 0 saturated carbocycles. The first kappa shape index (κ1) is 21.3. The molecule has 30 heavy (non-hydrogen) atoms. The Labute approximate surface area is 174 Å². The fraction of sp³-hybridized carbons (Fsp3) is 0.292. The molecule has 3 aromatic rings. The normalized spacial score (nSPS) is 12.0. The standard InChI is InChI=1S/C24H25NO5/c1-15(2)12-17-8-10-18(11-9-17)16(3)25-22(26)14-29-23(27)20-13-19-6-4-5-7-21(19)30-24(20)28/h4-11,13,15-16H,12,14H2,1-3H3,(H,25,26)/t16-/m1/s1. The van der Waals surface area contributed by atoms with Gasteiger partial charge in [-0.15, -0.1) is 0 Å². The van der Waals surface area contributed by atoms with E-state index < -0.39 is 24.1 Å². The number of nitrogens with one attached hydrogen (secondary N) is 1. The minimum atomic E-state index is -0.893. The third-order valence-corrected chi connectivity index (χ3v) is 4.70. The zero-order chi connectivity index (χ0) is 21.7. The summed E-state index contributed by atoms with van der Waals surface area (Å²) in [6, 6.07) is 16.1. The summed E-state index contributed by atoms with van der Waals surface area (Å²) < 4.78 is 10.1. The van der Waals surface area contributed by atoms with Gasteiger partial charge in [-0.3, -0.25) is 4.79 Å². The molecule has 0 saturated heterocycles. The Kier molecular flexibility index (Phi) is 6.67. The average Bonchev–Trinajstić information content (AvgIpc) is 2.71. The molecule has 0 bridgehead atoms. The van der Waals surface area contributed by atoms with Gasteiger partial charge < -0.3 is 14.5 Å². The van der Waals surface area contributed by atoms with Crippen LogP contribution in [0.4, 0.5) is 0 Å². The van der Waals surface area contributed by atoms with Gasteiger partial charge in [-0.25, -0.2) is 9.59 Å². The molecule has 0 fully saturated rings. The van der Waals surface area contributed by atoms with Crippen molar-refractivity contribution in [1.82, 2.24) is 5.32 Å². The molecule has 1 heterocycles. The van der Waals surface area contributed by atoms with Crippen molar-refractivity contribution in [3.8, 4) is 0 Å². The molecule has 2 aromatic carbocycles. The average molecular weight is 407 g/mol. The van der Waals surface area contributed by atoms with Gasteiger partial charge >= 0.3 is 11.6 Å². The zero-order valence-electron chi connectivity index (χ0n) is 17.3. The Morgan fingerprint density at radius 2 is 1.73 bits per heavy atom. The van der Waals surface area contributed by atoms with Crippen LogP contribution in [0.1, 0.15) is 48.3 Å². The van der Waals surface area contributed by atoms with E-state index >= 15 is 0 Å². The summed E-state index contributed by atoms with van der Waals surface area (Å²) >= 11 is 0. The third kappa shape index (κ3) is 5.35. The Hall–Kier alpha value is -3.41. The van der Waals surface area contributed by atoms with Crippen molar-refractivity contribution in [2.45, 2.75) is 33.2 Å². The van der Waals surface area contributed by atoms with Gasteiger partial charge in [0.15, 0.2) is 6.61 Å². The van der Waals surface area contributed by atoms with Gasteiger partial charge in [0, 0.05) is 5.39 Å². The van der Waals surface area contributed by atoms with Crippen LogP contribution >= 0.6 is 0 Å². The fourth-order valence-electron chi connectivity index (χ4n) is 3.19. The molecular weight excluding hydrogens is 382 g/mol. The lowest BCUT2D eigenvalue weighted by Crippen LogP contribution is -2.31. The topological polar surface area (TPSA) is 85.6 Å². The van der Waals surface area contributed by atoms with Crippen molar-refractivity contribution in [3.63, 3.8) is 0 Å². The molecule has 1 aromatic heterocycles. The third-order valence-electron chi connectivity index (χ3n) is 4.70. The second-order valence-corrected chi connectivity index (χ2v) is 7.69. The first-order valence-electron chi connectivity index (χ1n) is 9.91. The molecule has 6 heteroatoms. The first-order chi connectivity index (χ1) is 14.3. The number of benzene rings is 2. The second-order valence-electron chi connectivity index (χ2n) is 7.69. The number of carbonyl (C=O) groups excluding carboxylic acids is 2. The largest absolute Gasteiger partial charge is 0.452 e. The molecule has 1 N–H and O–H groups in total. The van der Waals surface area contributed by atoms with Crippen LogP contribution in [0.2, 0.25) is 0 Å². The second kappa shape index (κ2) is 9.39. The van der Waals surface area contributed by atoms with E-state index in [1.807, 2.05) is 19.1 Å². The maximum atomic E-state index is 12.2. The highest BCUT2D eigenvalue weighted by Gasteiger charge is 2.17. The summed E-state index contributed by atoms with van der Waals surface area (Å²) in [5.74, 6) is -0.768. The Balaban J connectivity index is 1.57. The van der Waals surface area contributed by atoms with E-state index in [-0.39, 0.29) is 11.6 Å². The van der Waals surface area contributed by atoms with Gasteiger partial charge in [-0.1, -0.05) is 56.3 Å². The van der Waals surface area contributed by atoms with Gasteiger partial charge in [0.2, 0.25) is 0 Å². The highest BCUT2D eigenvalue weighted by molar-refractivity contribution is 5.94. The molecular formula is C24H25NO5. The summed E-state index contributed by atoms with van der Waals surface area (Å²) in [5, 5.41) is 3.39. The number of amides is 1. The van der Waals surface area contributed by atoms with Gasteiger partial charge in [0.25, 0.3) is 5.91 Å². The molecule has 6 nitrogen and oxygen atoms in total. The summed E-state index contributed by atoms with van der Waals surface area (Å²) in [6.45, 7) is 5.70. The molecule has 0 aliphatic heterocycles. The van der Waals surface area contributed by atoms with Crippen LogP contribution in [0.3, 0.4) is 0 Å². The quantitative estimate of drug-likeness (QED) is 0.472. The van der Waals surface area contributed by atoms with Gasteiger partial charge in [-0.2, -0.15) is 0 Å². The summed E-state index contributed by atoms with van der Waals surface area (Å²) in [7, 11) is 0. The van der Waals surface area contributed by atoms with E-state index in [4.69, 9.17) is 9.15 Å². The summed E-state index contributed by atoms with van der Waals surface area (Å²) in [6.07, 6.45) is 1.000. The molecule has 0 unspecified atom stereocenters. The van der Waals surface area contributed by atoms with Crippen LogP contribution < -0.4 is 10.9 Å². The van der Waals surface area contributed by atoms with E-state index in [9.17, 15) is 14.4 Å². The number of para-hydroxylation sites is 1. The minimum Gasteiger partial charge on any atom is -0.452 e. The summed E-state index contributed by atoms with van der Waals surface area (Å²) in [5.41, 5.74) is 1.54. The maximum absolute atomic E-state index is 12.2. The first-order valence-corrected chi connectivity index (χ1v) is 9.91. The Bertz CT molecular complexity index is 1100. The number of esters is 1. The van der Waals surface area contributed by atoms with Crippen molar-refractivity contribution in [2.75, 3.05) is 6.61 Å². The van der Waals surface area contributed by atoms with Crippen molar-refractivity contribution in [3.05, 3.63) is 81.7 Å². The lowest BCUT2D eigenvalue weighted by atomic mass is 10.00. The molecule has 0 aliphatic rings. The van der Waals surface area contributed by atoms with Crippen LogP contribution in [-0.4, -0.2) is 18.5 Å². The number of carbonyl (C=O) groups is 2. The molecule has 3 rings (SSSR count). The molecule has 0 aliphatic carbocycles. The van der Waals surface area contributed by atoms with Crippen molar-refractivity contribution < 1.29 is 18.7 Å². The van der Waals surface area contributed by atoms with Crippen molar-refractivity contribution in [2.24, 2.45) is 5.92 Å². The van der Waals surface area contributed by atoms with Crippen LogP contribution in [0.5, 0.6) is 0 Å². The zero-order valence-corrected chi connectivity index (χ0v) is 17.3. The van der Waals surface area contributed by atoms with Crippen molar-refractivity contribution in [1.29, 1.82) is 0 Å². The van der Waals surface area contributed by atoms with Crippen LogP contribution in [0, 0.1) is 5.92 Å². The number of fused-ring (bicyclic) bond motifs is 1. The lowest BCUT2D eigenvalue weighted by molar-refractivity contribution is -0.124. The predicted molar refractivity (Wildman–Crippen MR) is 114 cm³/mol. The molecule has 0 radical (unpaired) electrons. The van der Waals surface area contributed by atoms with Gasteiger partial charge in [0.05, 0.1) is 6.04 Å². The van der Waals surface area contributed by atoms with E-state index in [1.54, 1.807) is 24.3 Å². The van der Waals surface area contributed by atoms with Gasteiger partial charge in [-0.05, 0) is 42.5 Å². The Morgan fingerprint density at radius 1 is 1.03 bits per heavy atom. The number of hydrogen-bond donors (Lipinski definition) is 1. The SMILES string of the molecule is CC(C)Cc1ccc([C@@H](C)NC(=O)COC(=O)c2cc3ccccc3oc2=O)cc1. The number of rotatable bonds is 7. The molecule has 1 amide bonds. The highest BCUT2D eigenvalue weighted by Crippen LogP contribution is 2.16. The summed E-state index contributed by atoms with van der Waals surface area (Å²) in [4.78, 5) is 36.4. The minimum absolute atomic E-state index is 0.240. The van der Waals surface area contributed by atoms with E-state index in [0.29, 0.717) is 16.9 Å². The monoisotopic (exact) mass is 407 g/mol. The maximum Gasteiger partial charge on any atom is 0.351 e. The van der Waals surface area contributed by atoms with Crippen molar-refractivity contribution >= 4 is 22.8 Å². The molecule has 156 valence electrons. The predicted octanol–water partition coefficient (Wildman–Crippen LogP) is 4.03. The lowest BCUT2D eigenvalue weighted by Gasteiger charge is -2.15. The van der Waals surface area contributed by atoms with Gasteiger partial charge in [0.1, 0.15) is 11.1 Å². The molecule has 0 spiro atoms. The fourth-order valence-corrected chi connectivity index (χ4v) is 3.19. The molecule has 1 atom stereocenters.